The Morgan fingerprint density at radius 1 is 1.50 bits per heavy atom. The summed E-state index contributed by atoms with van der Waals surface area (Å²) in [6.45, 7) is 5.74. The Labute approximate surface area is 98.0 Å². The summed E-state index contributed by atoms with van der Waals surface area (Å²) in [4.78, 5) is 0. The maximum atomic E-state index is 12.0. The van der Waals surface area contributed by atoms with Gasteiger partial charge in [-0.25, -0.2) is 8.42 Å². The van der Waals surface area contributed by atoms with Gasteiger partial charge in [-0.05, 0) is 32.7 Å². The zero-order valence-electron chi connectivity index (χ0n) is 10.1. The van der Waals surface area contributed by atoms with Gasteiger partial charge in [0.2, 0.25) is 10.0 Å². The van der Waals surface area contributed by atoms with Gasteiger partial charge in [0.1, 0.15) is 0 Å². The molecular weight excluding hydrogens is 228 g/mol. The third kappa shape index (κ3) is 3.41. The predicted octanol–water partition coefficient (Wildman–Crippen LogP) is 0.0218. The van der Waals surface area contributed by atoms with Crippen molar-refractivity contribution in [3.8, 4) is 0 Å². The Hall–Kier alpha value is -0.170. The van der Waals surface area contributed by atoms with Crippen LogP contribution >= 0.6 is 0 Å². The Bertz CT molecular complexity index is 305. The van der Waals surface area contributed by atoms with Crippen molar-refractivity contribution in [2.24, 2.45) is 11.7 Å². The van der Waals surface area contributed by atoms with Crippen molar-refractivity contribution in [1.29, 1.82) is 0 Å². The van der Waals surface area contributed by atoms with Gasteiger partial charge in [0.05, 0.1) is 12.4 Å². The number of nitrogens with two attached hydrogens (primary N) is 1. The number of rotatable bonds is 6. The molecule has 2 atom stereocenters. The van der Waals surface area contributed by atoms with Crippen LogP contribution < -0.4 is 5.73 Å². The zero-order chi connectivity index (χ0) is 12.2. The molecule has 1 saturated heterocycles. The van der Waals surface area contributed by atoms with Crippen molar-refractivity contribution in [3.63, 3.8) is 0 Å². The monoisotopic (exact) mass is 250 g/mol. The fourth-order valence-electron chi connectivity index (χ4n) is 2.09. The van der Waals surface area contributed by atoms with Crippen molar-refractivity contribution in [2.45, 2.75) is 26.3 Å². The predicted molar refractivity (Wildman–Crippen MR) is 63.6 cm³/mol. The average Bonchev–Trinajstić information content (AvgIpc) is 2.60. The van der Waals surface area contributed by atoms with Crippen LogP contribution in [0.15, 0.2) is 0 Å². The zero-order valence-corrected chi connectivity index (χ0v) is 10.9. The lowest BCUT2D eigenvalue weighted by Crippen LogP contribution is -2.37. The quantitative estimate of drug-likeness (QED) is 0.675. The number of hydrogen-bond donors (Lipinski definition) is 1. The smallest absolute Gasteiger partial charge is 0.216 e. The van der Waals surface area contributed by atoms with E-state index in [0.29, 0.717) is 25.6 Å². The third-order valence-corrected chi connectivity index (χ3v) is 4.89. The molecule has 0 spiro atoms. The van der Waals surface area contributed by atoms with E-state index in [0.717, 1.165) is 6.42 Å². The molecule has 1 rings (SSSR count). The molecule has 6 heteroatoms. The minimum absolute atomic E-state index is 0.0696. The van der Waals surface area contributed by atoms with Gasteiger partial charge < -0.3 is 10.5 Å². The van der Waals surface area contributed by atoms with Gasteiger partial charge in [-0.1, -0.05) is 0 Å². The van der Waals surface area contributed by atoms with Crippen molar-refractivity contribution in [2.75, 3.05) is 32.1 Å². The van der Waals surface area contributed by atoms with E-state index in [9.17, 15) is 8.42 Å². The number of ether oxygens (including phenoxy) is 1. The van der Waals surface area contributed by atoms with Crippen molar-refractivity contribution < 1.29 is 13.2 Å². The SMILES string of the molecule is CCOCCS(=O)(=O)N1CC(CN)CC1C. The Morgan fingerprint density at radius 3 is 2.69 bits per heavy atom. The Morgan fingerprint density at radius 2 is 2.19 bits per heavy atom. The van der Waals surface area contributed by atoms with E-state index in [4.69, 9.17) is 10.5 Å². The summed E-state index contributed by atoms with van der Waals surface area (Å²) in [6.07, 6.45) is 0.865. The summed E-state index contributed by atoms with van der Waals surface area (Å²) in [5, 5.41) is 0. The van der Waals surface area contributed by atoms with Crippen LogP contribution in [0.5, 0.6) is 0 Å². The molecular formula is C10H22N2O3S. The van der Waals surface area contributed by atoms with E-state index in [2.05, 4.69) is 0 Å². The van der Waals surface area contributed by atoms with Gasteiger partial charge in [0.25, 0.3) is 0 Å². The molecule has 0 bridgehead atoms. The molecule has 0 aliphatic carbocycles. The lowest BCUT2D eigenvalue weighted by atomic mass is 10.1. The van der Waals surface area contributed by atoms with Crippen LogP contribution in [0.2, 0.25) is 0 Å². The molecule has 16 heavy (non-hydrogen) atoms. The summed E-state index contributed by atoms with van der Waals surface area (Å²) in [6, 6.07) is 0.0696. The molecule has 1 aliphatic heterocycles. The van der Waals surface area contributed by atoms with E-state index in [1.807, 2.05) is 13.8 Å². The summed E-state index contributed by atoms with van der Waals surface area (Å²) < 4.78 is 30.6. The molecule has 0 aromatic carbocycles. The maximum Gasteiger partial charge on any atom is 0.216 e. The van der Waals surface area contributed by atoms with Crippen LogP contribution in [0.4, 0.5) is 0 Å². The Kier molecular flexibility index (Phi) is 5.17. The van der Waals surface area contributed by atoms with E-state index < -0.39 is 10.0 Å². The lowest BCUT2D eigenvalue weighted by molar-refractivity contribution is 0.162. The molecule has 0 radical (unpaired) electrons. The van der Waals surface area contributed by atoms with Gasteiger partial charge in [0, 0.05) is 19.2 Å². The highest BCUT2D eigenvalue weighted by Gasteiger charge is 2.35. The van der Waals surface area contributed by atoms with E-state index >= 15 is 0 Å². The van der Waals surface area contributed by atoms with Crippen LogP contribution in [0.3, 0.4) is 0 Å². The molecule has 1 heterocycles. The largest absolute Gasteiger partial charge is 0.381 e. The first-order valence-electron chi connectivity index (χ1n) is 5.78. The van der Waals surface area contributed by atoms with Gasteiger partial charge in [0.15, 0.2) is 0 Å². The van der Waals surface area contributed by atoms with Crippen LogP contribution in [0, 0.1) is 5.92 Å². The first-order valence-corrected chi connectivity index (χ1v) is 7.39. The van der Waals surface area contributed by atoms with Crippen LogP contribution in [-0.4, -0.2) is 50.8 Å². The standard InChI is InChI=1S/C10H22N2O3S/c1-3-15-4-5-16(13,14)12-8-10(7-11)6-9(12)2/h9-10H,3-8,11H2,1-2H3. The second-order valence-corrected chi connectivity index (χ2v) is 6.31. The second-order valence-electron chi connectivity index (χ2n) is 4.27. The third-order valence-electron chi connectivity index (χ3n) is 2.98. The molecule has 5 nitrogen and oxygen atoms in total. The molecule has 2 N–H and O–H groups in total. The lowest BCUT2D eigenvalue weighted by Gasteiger charge is -2.20. The molecule has 1 aliphatic rings. The van der Waals surface area contributed by atoms with Crippen molar-refractivity contribution in [1.82, 2.24) is 4.31 Å². The van der Waals surface area contributed by atoms with Crippen LogP contribution in [0.25, 0.3) is 0 Å². The number of hydrogen-bond acceptors (Lipinski definition) is 4. The number of nitrogens with zero attached hydrogens (tertiary/aromatic N) is 1. The second kappa shape index (κ2) is 5.95. The first-order chi connectivity index (χ1) is 7.51. The van der Waals surface area contributed by atoms with Crippen LogP contribution in [-0.2, 0) is 14.8 Å². The molecule has 96 valence electrons. The fraction of sp³-hybridized carbons (Fsp3) is 1.00. The van der Waals surface area contributed by atoms with E-state index in [-0.39, 0.29) is 18.4 Å². The summed E-state index contributed by atoms with van der Waals surface area (Å²) in [5.41, 5.74) is 5.58. The summed E-state index contributed by atoms with van der Waals surface area (Å²) >= 11 is 0. The van der Waals surface area contributed by atoms with Crippen molar-refractivity contribution >= 4 is 10.0 Å². The maximum absolute atomic E-state index is 12.0. The highest BCUT2D eigenvalue weighted by molar-refractivity contribution is 7.89. The Balaban J connectivity index is 2.55. The molecule has 1 fully saturated rings. The molecule has 0 aromatic rings. The van der Waals surface area contributed by atoms with E-state index in [1.54, 1.807) is 4.31 Å². The molecule has 0 saturated carbocycles. The highest BCUT2D eigenvalue weighted by atomic mass is 32.2. The molecule has 2 unspecified atom stereocenters. The molecule has 0 aromatic heterocycles. The molecule has 0 amide bonds. The average molecular weight is 250 g/mol. The topological polar surface area (TPSA) is 72.6 Å². The van der Waals surface area contributed by atoms with Gasteiger partial charge >= 0.3 is 0 Å². The van der Waals surface area contributed by atoms with Gasteiger partial charge in [-0.2, -0.15) is 4.31 Å². The van der Waals surface area contributed by atoms with Gasteiger partial charge in [-0.15, -0.1) is 0 Å². The first kappa shape index (κ1) is 13.9. The minimum Gasteiger partial charge on any atom is -0.381 e. The minimum atomic E-state index is -3.17. The highest BCUT2D eigenvalue weighted by Crippen LogP contribution is 2.25. The summed E-state index contributed by atoms with van der Waals surface area (Å²) in [5.74, 6) is 0.375. The number of sulfonamides is 1. The van der Waals surface area contributed by atoms with E-state index in [1.165, 1.54) is 0 Å². The van der Waals surface area contributed by atoms with Crippen LogP contribution in [0.1, 0.15) is 20.3 Å². The van der Waals surface area contributed by atoms with Gasteiger partial charge in [-0.3, -0.25) is 0 Å². The normalized spacial score (nSPS) is 27.4. The fourth-order valence-corrected chi connectivity index (χ4v) is 3.73. The summed E-state index contributed by atoms with van der Waals surface area (Å²) in [7, 11) is -3.17. The van der Waals surface area contributed by atoms with Crippen molar-refractivity contribution in [3.05, 3.63) is 0 Å².